The van der Waals surface area contributed by atoms with Crippen molar-refractivity contribution >= 4 is 0 Å². The van der Waals surface area contributed by atoms with Gasteiger partial charge in [0.05, 0.1) is 27.2 Å². The summed E-state index contributed by atoms with van der Waals surface area (Å²) in [7, 11) is 4.54. The van der Waals surface area contributed by atoms with E-state index in [4.69, 9.17) is 4.74 Å². The highest BCUT2D eigenvalue weighted by atomic mass is 35.5. The average Bonchev–Trinajstić information content (AvgIpc) is 2.48. The minimum absolute atomic E-state index is 0. The highest BCUT2D eigenvalue weighted by molar-refractivity contribution is 4.67. The lowest BCUT2D eigenvalue weighted by Gasteiger charge is -2.28. The van der Waals surface area contributed by atoms with Crippen LogP contribution in [-0.2, 0) is 4.74 Å². The molecule has 1 atom stereocenters. The molecule has 2 nitrogen and oxygen atoms in total. The third-order valence-corrected chi connectivity index (χ3v) is 1.93. The molecule has 1 aliphatic rings. The Morgan fingerprint density at radius 1 is 1.45 bits per heavy atom. The van der Waals surface area contributed by atoms with Crippen LogP contribution in [0.5, 0.6) is 0 Å². The number of hydrogen-bond acceptors (Lipinski definition) is 1. The summed E-state index contributed by atoms with van der Waals surface area (Å²) in [6.07, 6.45) is 1.83. The Balaban J connectivity index is 0.000001000. The van der Waals surface area contributed by atoms with Crippen LogP contribution < -0.4 is 12.4 Å². The Kier molecular flexibility index (Phi) is 4.37. The highest BCUT2D eigenvalue weighted by Gasteiger charge is 2.30. The molecule has 1 unspecified atom stereocenters. The zero-order valence-corrected chi connectivity index (χ0v) is 8.40. The molecule has 1 rings (SSSR count). The summed E-state index contributed by atoms with van der Waals surface area (Å²) in [5.41, 5.74) is 0. The zero-order valence-electron chi connectivity index (χ0n) is 7.64. The van der Waals surface area contributed by atoms with E-state index in [-0.39, 0.29) is 12.4 Å². The number of halogens is 1. The Morgan fingerprint density at radius 3 is 2.36 bits per heavy atom. The van der Waals surface area contributed by atoms with Crippen LogP contribution in [0.4, 0.5) is 0 Å². The van der Waals surface area contributed by atoms with Crippen LogP contribution in [0.3, 0.4) is 0 Å². The van der Waals surface area contributed by atoms with Crippen molar-refractivity contribution in [2.45, 2.75) is 19.4 Å². The smallest absolute Gasteiger partial charge is 0.130 e. The monoisotopic (exact) mass is 179 g/mol. The predicted octanol–water partition coefficient (Wildman–Crippen LogP) is -2.12. The second kappa shape index (κ2) is 4.29. The van der Waals surface area contributed by atoms with E-state index in [2.05, 4.69) is 21.0 Å². The Bertz CT molecular complexity index is 113. The summed E-state index contributed by atoms with van der Waals surface area (Å²) in [6, 6.07) is 0. The fourth-order valence-electron chi connectivity index (χ4n) is 1.42. The van der Waals surface area contributed by atoms with Crippen LogP contribution >= 0.6 is 0 Å². The molecule has 11 heavy (non-hydrogen) atoms. The molecule has 1 heterocycles. The first-order chi connectivity index (χ1) is 4.64. The lowest BCUT2D eigenvalue weighted by atomic mass is 10.3. The Labute approximate surface area is 75.5 Å². The topological polar surface area (TPSA) is 12.5 Å². The SMILES string of the molecule is CCC[N+](C)(C)CC1CO1.[Cl-]. The lowest BCUT2D eigenvalue weighted by molar-refractivity contribution is -0.890. The number of nitrogens with zero attached hydrogens (tertiary/aromatic N) is 1. The maximum atomic E-state index is 5.18. The lowest BCUT2D eigenvalue weighted by Crippen LogP contribution is -3.00. The normalized spacial score (nSPS) is 22.6. The first-order valence-corrected chi connectivity index (χ1v) is 4.07. The van der Waals surface area contributed by atoms with Gasteiger partial charge in [0.25, 0.3) is 0 Å². The van der Waals surface area contributed by atoms with Crippen molar-refractivity contribution in [3.63, 3.8) is 0 Å². The number of quaternary nitrogens is 1. The van der Waals surface area contributed by atoms with Crippen molar-refractivity contribution in [1.82, 2.24) is 0 Å². The van der Waals surface area contributed by atoms with Crippen LogP contribution in [0, 0.1) is 0 Å². The summed E-state index contributed by atoms with van der Waals surface area (Å²) < 4.78 is 6.29. The van der Waals surface area contributed by atoms with Gasteiger partial charge in [-0.3, -0.25) is 0 Å². The molecule has 0 aromatic heterocycles. The van der Waals surface area contributed by atoms with Crippen molar-refractivity contribution in [3.05, 3.63) is 0 Å². The van der Waals surface area contributed by atoms with Crippen molar-refractivity contribution in [2.24, 2.45) is 0 Å². The standard InChI is InChI=1S/C8H18NO.ClH/c1-4-5-9(2,3)6-8-7-10-8;/h8H,4-7H2,1-3H3;1H/q+1;/p-1. The van der Waals surface area contributed by atoms with E-state index >= 15 is 0 Å². The van der Waals surface area contributed by atoms with Crippen LogP contribution in [0.25, 0.3) is 0 Å². The van der Waals surface area contributed by atoms with Gasteiger partial charge in [-0.25, -0.2) is 0 Å². The third kappa shape index (κ3) is 4.62. The van der Waals surface area contributed by atoms with Gasteiger partial charge in [0, 0.05) is 0 Å². The maximum absolute atomic E-state index is 5.18. The summed E-state index contributed by atoms with van der Waals surface area (Å²) in [5.74, 6) is 0. The van der Waals surface area contributed by atoms with Crippen LogP contribution in [0.1, 0.15) is 13.3 Å². The van der Waals surface area contributed by atoms with Crippen molar-refractivity contribution < 1.29 is 21.6 Å². The van der Waals surface area contributed by atoms with E-state index in [9.17, 15) is 0 Å². The van der Waals surface area contributed by atoms with Gasteiger partial charge < -0.3 is 21.6 Å². The van der Waals surface area contributed by atoms with Crippen LogP contribution in [-0.4, -0.2) is 44.4 Å². The molecule has 0 saturated carbocycles. The molecule has 0 aliphatic carbocycles. The minimum Gasteiger partial charge on any atom is -1.00 e. The summed E-state index contributed by atoms with van der Waals surface area (Å²) in [4.78, 5) is 0. The number of hydrogen-bond donors (Lipinski definition) is 0. The molecular weight excluding hydrogens is 162 g/mol. The second-order valence-corrected chi connectivity index (χ2v) is 3.80. The van der Waals surface area contributed by atoms with Gasteiger partial charge in [-0.1, -0.05) is 6.92 Å². The van der Waals surface area contributed by atoms with Crippen molar-refractivity contribution in [2.75, 3.05) is 33.8 Å². The molecule has 1 saturated heterocycles. The molecule has 0 bridgehead atoms. The van der Waals surface area contributed by atoms with Gasteiger partial charge in [0.2, 0.25) is 0 Å². The molecule has 1 aliphatic heterocycles. The number of likely N-dealkylation sites (N-methyl/N-ethyl adjacent to an activating group) is 1. The molecule has 0 spiro atoms. The summed E-state index contributed by atoms with van der Waals surface area (Å²) in [5, 5.41) is 0. The number of ether oxygens (including phenoxy) is 1. The van der Waals surface area contributed by atoms with Gasteiger partial charge in [-0.05, 0) is 6.42 Å². The quantitative estimate of drug-likeness (QED) is 0.355. The van der Waals surface area contributed by atoms with E-state index in [1.807, 2.05) is 0 Å². The largest absolute Gasteiger partial charge is 1.00 e. The Morgan fingerprint density at radius 2 is 2.00 bits per heavy atom. The van der Waals surface area contributed by atoms with Crippen molar-refractivity contribution in [1.29, 1.82) is 0 Å². The summed E-state index contributed by atoms with van der Waals surface area (Å²) in [6.45, 7) is 5.67. The van der Waals surface area contributed by atoms with E-state index in [0.717, 1.165) is 11.1 Å². The number of rotatable bonds is 4. The van der Waals surface area contributed by atoms with Crippen molar-refractivity contribution in [3.8, 4) is 0 Å². The second-order valence-electron chi connectivity index (χ2n) is 3.80. The Hall–Kier alpha value is 0.210. The molecule has 0 aromatic rings. The van der Waals surface area contributed by atoms with E-state index in [1.165, 1.54) is 19.5 Å². The zero-order chi connectivity index (χ0) is 7.61. The van der Waals surface area contributed by atoms with E-state index in [1.54, 1.807) is 0 Å². The molecule has 0 N–H and O–H groups in total. The minimum atomic E-state index is 0. The summed E-state index contributed by atoms with van der Waals surface area (Å²) >= 11 is 0. The average molecular weight is 180 g/mol. The molecule has 68 valence electrons. The fourth-order valence-corrected chi connectivity index (χ4v) is 1.42. The maximum Gasteiger partial charge on any atom is 0.130 e. The van der Waals surface area contributed by atoms with Gasteiger partial charge in [-0.2, -0.15) is 0 Å². The third-order valence-electron chi connectivity index (χ3n) is 1.93. The molecule has 3 heteroatoms. The molecule has 0 radical (unpaired) electrons. The van der Waals surface area contributed by atoms with E-state index in [0.29, 0.717) is 6.10 Å². The van der Waals surface area contributed by atoms with Crippen LogP contribution in [0.2, 0.25) is 0 Å². The molecular formula is C8H18ClNO. The number of epoxide rings is 1. The van der Waals surface area contributed by atoms with Crippen LogP contribution in [0.15, 0.2) is 0 Å². The predicted molar refractivity (Wildman–Crippen MR) is 41.9 cm³/mol. The molecule has 0 amide bonds. The first-order valence-electron chi connectivity index (χ1n) is 4.07. The molecule has 1 fully saturated rings. The van der Waals surface area contributed by atoms with Gasteiger partial charge in [0.1, 0.15) is 12.6 Å². The fraction of sp³-hybridized carbons (Fsp3) is 1.00. The van der Waals surface area contributed by atoms with E-state index < -0.39 is 0 Å². The first kappa shape index (κ1) is 11.2. The van der Waals surface area contributed by atoms with Gasteiger partial charge in [-0.15, -0.1) is 0 Å². The van der Waals surface area contributed by atoms with Gasteiger partial charge >= 0.3 is 0 Å². The highest BCUT2D eigenvalue weighted by Crippen LogP contribution is 2.13. The van der Waals surface area contributed by atoms with Gasteiger partial charge in [0.15, 0.2) is 0 Å². The molecule has 0 aromatic carbocycles.